The highest BCUT2D eigenvalue weighted by Gasteiger charge is 2.28. The van der Waals surface area contributed by atoms with E-state index in [2.05, 4.69) is 10.1 Å². The zero-order valence-electron chi connectivity index (χ0n) is 11.3. The second kappa shape index (κ2) is 6.13. The number of ether oxygens (including phenoxy) is 1. The van der Waals surface area contributed by atoms with Crippen molar-refractivity contribution in [3.8, 4) is 5.75 Å². The summed E-state index contributed by atoms with van der Waals surface area (Å²) in [6, 6.07) is 5.64. The predicted molar refractivity (Wildman–Crippen MR) is 69.5 cm³/mol. The Kier molecular flexibility index (Phi) is 4.99. The molecule has 0 heterocycles. The largest absolute Gasteiger partial charge is 0.484 e. The first kappa shape index (κ1) is 16.3. The third kappa shape index (κ3) is 6.98. The summed E-state index contributed by atoms with van der Waals surface area (Å²) in [5.74, 6) is -0.180. The van der Waals surface area contributed by atoms with Gasteiger partial charge < -0.3 is 15.8 Å². The van der Waals surface area contributed by atoms with Crippen molar-refractivity contribution < 1.29 is 22.7 Å². The summed E-state index contributed by atoms with van der Waals surface area (Å²) >= 11 is 0. The molecule has 112 valence electrons. The lowest BCUT2D eigenvalue weighted by Crippen LogP contribution is -2.36. The first-order chi connectivity index (χ1) is 9.05. The van der Waals surface area contributed by atoms with E-state index in [-0.39, 0.29) is 18.1 Å². The zero-order chi connectivity index (χ0) is 15.4. The molecule has 0 spiro atoms. The molecule has 3 N–H and O–H groups in total. The van der Waals surface area contributed by atoms with E-state index in [1.807, 2.05) is 0 Å². The molecule has 0 fully saturated rings. The molecular weight excluding hydrogens is 273 g/mol. The van der Waals surface area contributed by atoms with Gasteiger partial charge in [0, 0.05) is 17.6 Å². The van der Waals surface area contributed by atoms with E-state index in [4.69, 9.17) is 5.73 Å². The molecule has 4 nitrogen and oxygen atoms in total. The molecule has 0 atom stereocenters. The summed E-state index contributed by atoms with van der Waals surface area (Å²) in [6.45, 7) is 2.10. The van der Waals surface area contributed by atoms with Gasteiger partial charge in [0.25, 0.3) is 0 Å². The van der Waals surface area contributed by atoms with E-state index in [1.54, 1.807) is 13.8 Å². The molecule has 1 rings (SSSR count). The summed E-state index contributed by atoms with van der Waals surface area (Å²) < 4.78 is 40.4. The van der Waals surface area contributed by atoms with E-state index in [0.717, 1.165) is 0 Å². The number of carbonyl (C=O) groups excluding carboxylic acids is 1. The van der Waals surface area contributed by atoms with Crippen LogP contribution in [0.4, 0.5) is 18.9 Å². The Bertz CT molecular complexity index is 450. The van der Waals surface area contributed by atoms with Gasteiger partial charge in [-0.05, 0) is 38.1 Å². The Hall–Kier alpha value is -1.76. The lowest BCUT2D eigenvalue weighted by atomic mass is 10.0. The highest BCUT2D eigenvalue weighted by Crippen LogP contribution is 2.20. The van der Waals surface area contributed by atoms with Gasteiger partial charge in [-0.1, -0.05) is 0 Å². The average molecular weight is 290 g/mol. The Morgan fingerprint density at radius 1 is 1.25 bits per heavy atom. The van der Waals surface area contributed by atoms with Crippen LogP contribution in [-0.4, -0.2) is 24.2 Å². The smallest absolute Gasteiger partial charge is 0.422 e. The van der Waals surface area contributed by atoms with Crippen molar-refractivity contribution in [1.29, 1.82) is 0 Å². The molecule has 0 unspecified atom stereocenters. The topological polar surface area (TPSA) is 64.4 Å². The van der Waals surface area contributed by atoms with Crippen molar-refractivity contribution in [2.45, 2.75) is 32.0 Å². The predicted octanol–water partition coefficient (Wildman–Crippen LogP) is 2.69. The maximum Gasteiger partial charge on any atom is 0.422 e. The Balaban J connectivity index is 2.52. The Morgan fingerprint density at radius 2 is 1.80 bits per heavy atom. The minimum atomic E-state index is -4.38. The molecule has 0 bridgehead atoms. The van der Waals surface area contributed by atoms with E-state index < -0.39 is 18.3 Å². The molecular formula is C13H17F3N2O2. The summed E-state index contributed by atoms with van der Waals surface area (Å²) in [6.07, 6.45) is -4.24. The molecule has 0 aromatic heterocycles. The lowest BCUT2D eigenvalue weighted by Gasteiger charge is -2.17. The number of nitrogens with one attached hydrogen (secondary N) is 1. The number of halogens is 3. The summed E-state index contributed by atoms with van der Waals surface area (Å²) in [4.78, 5) is 11.6. The average Bonchev–Trinajstić information content (AvgIpc) is 2.24. The molecule has 0 aliphatic heterocycles. The molecule has 7 heteroatoms. The van der Waals surface area contributed by atoms with Crippen LogP contribution in [-0.2, 0) is 4.79 Å². The quantitative estimate of drug-likeness (QED) is 0.876. The molecule has 0 radical (unpaired) electrons. The number of nitrogens with two attached hydrogens (primary N) is 1. The molecule has 20 heavy (non-hydrogen) atoms. The molecule has 0 saturated heterocycles. The lowest BCUT2D eigenvalue weighted by molar-refractivity contribution is -0.153. The summed E-state index contributed by atoms with van der Waals surface area (Å²) in [5, 5.41) is 2.60. The number of benzene rings is 1. The summed E-state index contributed by atoms with van der Waals surface area (Å²) in [7, 11) is 0. The van der Waals surface area contributed by atoms with Crippen LogP contribution in [0.15, 0.2) is 24.3 Å². The van der Waals surface area contributed by atoms with Crippen LogP contribution < -0.4 is 15.8 Å². The van der Waals surface area contributed by atoms with Crippen molar-refractivity contribution in [2.75, 3.05) is 11.9 Å². The molecule has 0 saturated carbocycles. The van der Waals surface area contributed by atoms with Crippen molar-refractivity contribution in [3.05, 3.63) is 24.3 Å². The first-order valence-corrected chi connectivity index (χ1v) is 5.93. The van der Waals surface area contributed by atoms with E-state index in [0.29, 0.717) is 5.69 Å². The molecule has 1 aromatic rings. The fourth-order valence-corrected chi connectivity index (χ4v) is 1.42. The fraction of sp³-hybridized carbons (Fsp3) is 0.462. The van der Waals surface area contributed by atoms with Crippen molar-refractivity contribution in [2.24, 2.45) is 5.73 Å². The van der Waals surface area contributed by atoms with Gasteiger partial charge in [-0.2, -0.15) is 13.2 Å². The minimum Gasteiger partial charge on any atom is -0.484 e. The van der Waals surface area contributed by atoms with Crippen LogP contribution in [0.25, 0.3) is 0 Å². The van der Waals surface area contributed by atoms with Gasteiger partial charge >= 0.3 is 6.18 Å². The second-order valence-electron chi connectivity index (χ2n) is 5.14. The SMILES string of the molecule is CC(C)(N)CC(=O)Nc1ccc(OCC(F)(F)F)cc1. The van der Waals surface area contributed by atoms with Crippen LogP contribution in [0.3, 0.4) is 0 Å². The van der Waals surface area contributed by atoms with Gasteiger partial charge in [0.05, 0.1) is 0 Å². The van der Waals surface area contributed by atoms with Gasteiger partial charge in [0.2, 0.25) is 5.91 Å². The number of hydrogen-bond donors (Lipinski definition) is 2. The van der Waals surface area contributed by atoms with Crippen LogP contribution in [0.5, 0.6) is 5.75 Å². The van der Waals surface area contributed by atoms with Crippen LogP contribution in [0.2, 0.25) is 0 Å². The van der Waals surface area contributed by atoms with Crippen molar-refractivity contribution in [1.82, 2.24) is 0 Å². The second-order valence-corrected chi connectivity index (χ2v) is 5.14. The number of amides is 1. The number of hydrogen-bond acceptors (Lipinski definition) is 3. The van der Waals surface area contributed by atoms with Gasteiger partial charge in [-0.3, -0.25) is 4.79 Å². The maximum atomic E-state index is 12.0. The highest BCUT2D eigenvalue weighted by atomic mass is 19.4. The number of anilines is 1. The third-order valence-corrected chi connectivity index (χ3v) is 2.16. The maximum absolute atomic E-state index is 12.0. The standard InChI is InChI=1S/C13H17F3N2O2/c1-12(2,17)7-11(19)18-9-3-5-10(6-4-9)20-8-13(14,15)16/h3-6H,7-8,17H2,1-2H3,(H,18,19). The Labute approximate surface area is 115 Å². The van der Waals surface area contributed by atoms with Crippen molar-refractivity contribution in [3.63, 3.8) is 0 Å². The van der Waals surface area contributed by atoms with E-state index in [1.165, 1.54) is 24.3 Å². The molecule has 0 aliphatic carbocycles. The zero-order valence-corrected chi connectivity index (χ0v) is 11.3. The van der Waals surface area contributed by atoms with Crippen molar-refractivity contribution >= 4 is 11.6 Å². The monoisotopic (exact) mass is 290 g/mol. The van der Waals surface area contributed by atoms with E-state index in [9.17, 15) is 18.0 Å². The van der Waals surface area contributed by atoms with Gasteiger partial charge in [-0.15, -0.1) is 0 Å². The summed E-state index contributed by atoms with van der Waals surface area (Å²) in [5.41, 5.74) is 5.55. The number of alkyl halides is 3. The van der Waals surface area contributed by atoms with Gasteiger partial charge in [-0.25, -0.2) is 0 Å². The van der Waals surface area contributed by atoms with Crippen LogP contribution in [0, 0.1) is 0 Å². The molecule has 1 amide bonds. The third-order valence-electron chi connectivity index (χ3n) is 2.16. The van der Waals surface area contributed by atoms with Gasteiger partial charge in [0.1, 0.15) is 5.75 Å². The van der Waals surface area contributed by atoms with Gasteiger partial charge in [0.15, 0.2) is 6.61 Å². The van der Waals surface area contributed by atoms with E-state index >= 15 is 0 Å². The molecule has 1 aromatic carbocycles. The highest BCUT2D eigenvalue weighted by molar-refractivity contribution is 5.91. The minimum absolute atomic E-state index is 0.0829. The fourth-order valence-electron chi connectivity index (χ4n) is 1.42. The normalized spacial score (nSPS) is 12.1. The number of carbonyl (C=O) groups is 1. The number of rotatable bonds is 5. The first-order valence-electron chi connectivity index (χ1n) is 5.93. The van der Waals surface area contributed by atoms with Crippen LogP contribution >= 0.6 is 0 Å². The Morgan fingerprint density at radius 3 is 2.25 bits per heavy atom. The molecule has 0 aliphatic rings. The van der Waals surface area contributed by atoms with Crippen LogP contribution in [0.1, 0.15) is 20.3 Å².